The first-order chi connectivity index (χ1) is 5.99. The van der Waals surface area contributed by atoms with Gasteiger partial charge in [0.2, 0.25) is 0 Å². The van der Waals surface area contributed by atoms with Crippen molar-refractivity contribution in [2.75, 3.05) is 6.54 Å². The van der Waals surface area contributed by atoms with E-state index in [2.05, 4.69) is 0 Å². The summed E-state index contributed by atoms with van der Waals surface area (Å²) >= 11 is 5.66. The maximum absolute atomic E-state index is 13.5. The Balaban J connectivity index is 3.22. The highest BCUT2D eigenvalue weighted by Gasteiger charge is 2.23. The van der Waals surface area contributed by atoms with Gasteiger partial charge < -0.3 is 5.73 Å². The zero-order valence-electron chi connectivity index (χ0n) is 7.77. The van der Waals surface area contributed by atoms with Gasteiger partial charge in [-0.15, -0.1) is 0 Å². The lowest BCUT2D eigenvalue weighted by Gasteiger charge is -2.23. The summed E-state index contributed by atoms with van der Waals surface area (Å²) in [5.74, 6) is -0.361. The maximum Gasteiger partial charge on any atom is 0.145 e. The monoisotopic (exact) mass is 201 g/mol. The molecule has 1 rings (SSSR count). The van der Waals surface area contributed by atoms with Gasteiger partial charge in [-0.05, 0) is 11.6 Å². The molecule has 0 heterocycles. The average molecular weight is 202 g/mol. The number of hydrogen-bond donors (Lipinski definition) is 1. The summed E-state index contributed by atoms with van der Waals surface area (Å²) in [6, 6.07) is 4.99. The SMILES string of the molecule is CC(C)(CN)c1cccc(Cl)c1F. The third kappa shape index (κ3) is 2.01. The van der Waals surface area contributed by atoms with Crippen molar-refractivity contribution in [3.05, 3.63) is 34.6 Å². The van der Waals surface area contributed by atoms with Crippen LogP contribution in [0.2, 0.25) is 5.02 Å². The summed E-state index contributed by atoms with van der Waals surface area (Å²) in [6.07, 6.45) is 0. The Bertz CT molecular complexity index is 310. The average Bonchev–Trinajstić information content (AvgIpc) is 2.09. The summed E-state index contributed by atoms with van der Waals surface area (Å²) < 4.78 is 13.5. The lowest BCUT2D eigenvalue weighted by Crippen LogP contribution is -2.29. The molecule has 0 aliphatic rings. The van der Waals surface area contributed by atoms with Crippen molar-refractivity contribution in [1.29, 1.82) is 0 Å². The molecule has 0 fully saturated rings. The normalized spacial score (nSPS) is 11.8. The molecule has 0 aromatic heterocycles. The fourth-order valence-electron chi connectivity index (χ4n) is 1.14. The fraction of sp³-hybridized carbons (Fsp3) is 0.400. The molecule has 72 valence electrons. The van der Waals surface area contributed by atoms with Gasteiger partial charge >= 0.3 is 0 Å². The molecule has 0 aliphatic heterocycles. The first-order valence-electron chi connectivity index (χ1n) is 4.13. The van der Waals surface area contributed by atoms with Gasteiger partial charge in [0.25, 0.3) is 0 Å². The first kappa shape index (κ1) is 10.5. The summed E-state index contributed by atoms with van der Waals surface area (Å²) in [6.45, 7) is 4.17. The van der Waals surface area contributed by atoms with Gasteiger partial charge in [0, 0.05) is 12.0 Å². The van der Waals surface area contributed by atoms with E-state index in [1.54, 1.807) is 12.1 Å². The van der Waals surface area contributed by atoms with Crippen molar-refractivity contribution in [3.8, 4) is 0 Å². The van der Waals surface area contributed by atoms with Gasteiger partial charge in [-0.2, -0.15) is 0 Å². The molecule has 13 heavy (non-hydrogen) atoms. The van der Waals surface area contributed by atoms with Crippen molar-refractivity contribution in [2.24, 2.45) is 5.73 Å². The van der Waals surface area contributed by atoms with Crippen LogP contribution in [0.1, 0.15) is 19.4 Å². The molecule has 0 amide bonds. The van der Waals surface area contributed by atoms with Crippen LogP contribution in [0.5, 0.6) is 0 Å². The predicted molar refractivity (Wildman–Crippen MR) is 53.5 cm³/mol. The molecule has 2 N–H and O–H groups in total. The molecule has 0 unspecified atom stereocenters. The van der Waals surface area contributed by atoms with Crippen molar-refractivity contribution >= 4 is 11.6 Å². The molecule has 0 atom stereocenters. The maximum atomic E-state index is 13.5. The molecule has 0 saturated heterocycles. The van der Waals surface area contributed by atoms with Crippen LogP contribution in [0.4, 0.5) is 4.39 Å². The molecule has 1 aromatic rings. The molecule has 0 saturated carbocycles. The number of nitrogens with two attached hydrogens (primary N) is 1. The van der Waals surface area contributed by atoms with E-state index in [-0.39, 0.29) is 16.3 Å². The first-order valence-corrected chi connectivity index (χ1v) is 4.51. The molecular weight excluding hydrogens is 189 g/mol. The van der Waals surface area contributed by atoms with E-state index < -0.39 is 0 Å². The quantitative estimate of drug-likeness (QED) is 0.783. The van der Waals surface area contributed by atoms with E-state index in [1.807, 2.05) is 13.8 Å². The number of hydrogen-bond acceptors (Lipinski definition) is 1. The van der Waals surface area contributed by atoms with Crippen LogP contribution < -0.4 is 5.73 Å². The lowest BCUT2D eigenvalue weighted by molar-refractivity contribution is 0.493. The third-order valence-corrected chi connectivity index (χ3v) is 2.48. The molecule has 0 bridgehead atoms. The predicted octanol–water partition coefficient (Wildman–Crippen LogP) is 2.72. The van der Waals surface area contributed by atoms with Gasteiger partial charge in [-0.1, -0.05) is 37.6 Å². The highest BCUT2D eigenvalue weighted by atomic mass is 35.5. The molecule has 1 nitrogen and oxygen atoms in total. The Kier molecular flexibility index (Phi) is 2.94. The lowest BCUT2D eigenvalue weighted by atomic mass is 9.84. The highest BCUT2D eigenvalue weighted by Crippen LogP contribution is 2.28. The van der Waals surface area contributed by atoms with Crippen molar-refractivity contribution < 1.29 is 4.39 Å². The van der Waals surface area contributed by atoms with Crippen LogP contribution >= 0.6 is 11.6 Å². The Morgan fingerprint density at radius 1 is 1.46 bits per heavy atom. The Labute approximate surface area is 82.7 Å². The van der Waals surface area contributed by atoms with E-state index in [1.165, 1.54) is 6.07 Å². The van der Waals surface area contributed by atoms with Crippen LogP contribution in [-0.2, 0) is 5.41 Å². The zero-order valence-corrected chi connectivity index (χ0v) is 8.53. The zero-order chi connectivity index (χ0) is 10.1. The van der Waals surface area contributed by atoms with E-state index in [0.717, 1.165) is 0 Å². The van der Waals surface area contributed by atoms with Gasteiger partial charge in [0.05, 0.1) is 5.02 Å². The van der Waals surface area contributed by atoms with Crippen LogP contribution in [0, 0.1) is 5.82 Å². The van der Waals surface area contributed by atoms with E-state index in [4.69, 9.17) is 17.3 Å². The minimum Gasteiger partial charge on any atom is -0.330 e. The topological polar surface area (TPSA) is 26.0 Å². The molecule has 1 aromatic carbocycles. The largest absolute Gasteiger partial charge is 0.330 e. The second kappa shape index (κ2) is 3.64. The number of halogens is 2. The summed E-state index contributed by atoms with van der Waals surface area (Å²) in [5.41, 5.74) is 5.75. The van der Waals surface area contributed by atoms with Crippen LogP contribution in [-0.4, -0.2) is 6.54 Å². The minimum atomic E-state index is -0.366. The van der Waals surface area contributed by atoms with Crippen LogP contribution in [0.25, 0.3) is 0 Å². The summed E-state index contributed by atoms with van der Waals surface area (Å²) in [7, 11) is 0. The van der Waals surface area contributed by atoms with E-state index >= 15 is 0 Å². The summed E-state index contributed by atoms with van der Waals surface area (Å²) in [5, 5.41) is 0.152. The van der Waals surface area contributed by atoms with Gasteiger partial charge in [0.15, 0.2) is 0 Å². The molecular formula is C10H13ClFN. The molecule has 3 heteroatoms. The standard InChI is InChI=1S/C10H13ClFN/c1-10(2,6-13)7-4-3-5-8(11)9(7)12/h3-5H,6,13H2,1-2H3. The number of rotatable bonds is 2. The van der Waals surface area contributed by atoms with Gasteiger partial charge in [-0.25, -0.2) is 4.39 Å². The highest BCUT2D eigenvalue weighted by molar-refractivity contribution is 6.30. The number of benzene rings is 1. The Morgan fingerprint density at radius 3 is 2.62 bits per heavy atom. The van der Waals surface area contributed by atoms with Crippen molar-refractivity contribution in [1.82, 2.24) is 0 Å². The van der Waals surface area contributed by atoms with Crippen molar-refractivity contribution in [2.45, 2.75) is 19.3 Å². The fourth-order valence-corrected chi connectivity index (χ4v) is 1.31. The van der Waals surface area contributed by atoms with Crippen LogP contribution in [0.3, 0.4) is 0 Å². The smallest absolute Gasteiger partial charge is 0.145 e. The third-order valence-electron chi connectivity index (χ3n) is 2.19. The minimum absolute atomic E-state index is 0.152. The Hall–Kier alpha value is -0.600. The second-order valence-electron chi connectivity index (χ2n) is 3.69. The van der Waals surface area contributed by atoms with Crippen molar-refractivity contribution in [3.63, 3.8) is 0 Å². The molecule has 0 aliphatic carbocycles. The second-order valence-corrected chi connectivity index (χ2v) is 4.10. The molecule has 0 spiro atoms. The molecule has 0 radical (unpaired) electrons. The van der Waals surface area contributed by atoms with E-state index in [0.29, 0.717) is 12.1 Å². The van der Waals surface area contributed by atoms with Crippen LogP contribution in [0.15, 0.2) is 18.2 Å². The summed E-state index contributed by atoms with van der Waals surface area (Å²) in [4.78, 5) is 0. The van der Waals surface area contributed by atoms with Gasteiger partial charge in [0.1, 0.15) is 5.82 Å². The Morgan fingerprint density at radius 2 is 2.08 bits per heavy atom. The van der Waals surface area contributed by atoms with Gasteiger partial charge in [-0.3, -0.25) is 0 Å². The van der Waals surface area contributed by atoms with E-state index in [9.17, 15) is 4.39 Å².